The van der Waals surface area contributed by atoms with E-state index >= 15 is 0 Å². The molecular formula is C19H25NO3. The molecule has 23 heavy (non-hydrogen) atoms. The van der Waals surface area contributed by atoms with Crippen LogP contribution in [0.15, 0.2) is 24.3 Å². The van der Waals surface area contributed by atoms with Crippen LogP contribution < -0.4 is 5.32 Å². The first kappa shape index (κ1) is 16.2. The molecule has 1 amide bonds. The fourth-order valence-electron chi connectivity index (χ4n) is 4.04. The lowest BCUT2D eigenvalue weighted by molar-refractivity contribution is -0.153. The Bertz CT molecular complexity index is 652. The summed E-state index contributed by atoms with van der Waals surface area (Å²) in [5, 5.41) is 14.0. The predicted octanol–water partition coefficient (Wildman–Crippen LogP) is 3.25. The maximum absolute atomic E-state index is 12.6. The second-order valence-corrected chi connectivity index (χ2v) is 7.60. The highest BCUT2D eigenvalue weighted by Crippen LogP contribution is 2.49. The molecule has 0 aromatic heterocycles. The minimum absolute atomic E-state index is 0.00232. The molecule has 2 aliphatic rings. The number of ketones is 1. The summed E-state index contributed by atoms with van der Waals surface area (Å²) in [6.45, 7) is 6.56. The van der Waals surface area contributed by atoms with E-state index in [1.165, 1.54) is 0 Å². The number of fused-ring (bicyclic) bond motifs is 1. The maximum Gasteiger partial charge on any atom is 0.261 e. The van der Waals surface area contributed by atoms with Crippen LogP contribution in [0, 0.1) is 17.3 Å². The van der Waals surface area contributed by atoms with Crippen LogP contribution in [-0.4, -0.2) is 16.8 Å². The first-order valence-corrected chi connectivity index (χ1v) is 8.46. The minimum atomic E-state index is -1.73. The molecule has 3 rings (SSSR count). The Hall–Kier alpha value is -1.68. The molecular weight excluding hydrogens is 290 g/mol. The third-order valence-corrected chi connectivity index (χ3v) is 6.10. The number of hydrogen-bond acceptors (Lipinski definition) is 3. The summed E-state index contributed by atoms with van der Waals surface area (Å²) in [6.07, 6.45) is 2.86. The molecule has 1 heterocycles. The zero-order valence-corrected chi connectivity index (χ0v) is 14.1. The van der Waals surface area contributed by atoms with Gasteiger partial charge >= 0.3 is 0 Å². The van der Waals surface area contributed by atoms with Crippen LogP contribution in [0.1, 0.15) is 52.0 Å². The van der Waals surface area contributed by atoms with Crippen molar-refractivity contribution in [3.63, 3.8) is 0 Å². The smallest absolute Gasteiger partial charge is 0.261 e. The Balaban J connectivity index is 1.99. The van der Waals surface area contributed by atoms with Gasteiger partial charge in [0.05, 0.1) is 5.92 Å². The monoisotopic (exact) mass is 315 g/mol. The van der Waals surface area contributed by atoms with E-state index in [1.807, 2.05) is 6.07 Å². The Morgan fingerprint density at radius 1 is 1.30 bits per heavy atom. The van der Waals surface area contributed by atoms with Crippen molar-refractivity contribution < 1.29 is 14.7 Å². The van der Waals surface area contributed by atoms with Crippen molar-refractivity contribution in [2.45, 2.75) is 52.1 Å². The zero-order valence-electron chi connectivity index (χ0n) is 14.1. The molecule has 1 fully saturated rings. The van der Waals surface area contributed by atoms with Crippen molar-refractivity contribution in [3.05, 3.63) is 29.8 Å². The van der Waals surface area contributed by atoms with Crippen molar-refractivity contribution in [2.75, 3.05) is 5.32 Å². The van der Waals surface area contributed by atoms with Crippen molar-refractivity contribution in [2.24, 2.45) is 17.3 Å². The molecule has 0 saturated heterocycles. The van der Waals surface area contributed by atoms with Gasteiger partial charge in [0.1, 0.15) is 5.78 Å². The van der Waals surface area contributed by atoms with Gasteiger partial charge < -0.3 is 10.4 Å². The summed E-state index contributed by atoms with van der Waals surface area (Å²) >= 11 is 0. The number of aliphatic hydroxyl groups is 1. The third-order valence-electron chi connectivity index (χ3n) is 6.10. The molecule has 3 atom stereocenters. The summed E-state index contributed by atoms with van der Waals surface area (Å²) in [6, 6.07) is 7.13. The number of benzene rings is 1. The summed E-state index contributed by atoms with van der Waals surface area (Å²) in [4.78, 5) is 25.1. The van der Waals surface area contributed by atoms with Crippen LogP contribution >= 0.6 is 0 Å². The molecule has 1 saturated carbocycles. The molecule has 0 bridgehead atoms. The standard InChI is InChI=1S/C19H25NO3/c1-4-18(2,3)12-9-10-16(21)14(11-12)19(23)13-7-5-6-8-15(13)20-17(19)22/h5-8,12,14,23H,4,9-11H2,1-3H3,(H,20,22)/t12-,14+,19-/m1/s1. The first-order chi connectivity index (χ1) is 10.8. The number of carbonyl (C=O) groups excluding carboxylic acids is 2. The van der Waals surface area contributed by atoms with E-state index in [4.69, 9.17) is 0 Å². The van der Waals surface area contributed by atoms with Gasteiger partial charge in [-0.25, -0.2) is 0 Å². The van der Waals surface area contributed by atoms with Crippen LogP contribution in [0.5, 0.6) is 0 Å². The Labute approximate surface area is 137 Å². The third kappa shape index (κ3) is 2.40. The highest BCUT2D eigenvalue weighted by atomic mass is 16.3. The van der Waals surface area contributed by atoms with Crippen LogP contribution in [-0.2, 0) is 15.2 Å². The average Bonchev–Trinajstić information content (AvgIpc) is 2.80. The summed E-state index contributed by atoms with van der Waals surface area (Å²) < 4.78 is 0. The zero-order chi connectivity index (χ0) is 16.8. The Morgan fingerprint density at radius 2 is 2.00 bits per heavy atom. The molecule has 4 heteroatoms. The second kappa shape index (κ2) is 5.45. The van der Waals surface area contributed by atoms with Crippen molar-refractivity contribution in [1.82, 2.24) is 0 Å². The molecule has 1 aromatic carbocycles. The summed E-state index contributed by atoms with van der Waals surface area (Å²) in [5.74, 6) is -0.787. The Morgan fingerprint density at radius 3 is 2.70 bits per heavy atom. The van der Waals surface area contributed by atoms with Gasteiger partial charge in [-0.1, -0.05) is 45.4 Å². The maximum atomic E-state index is 12.6. The lowest BCUT2D eigenvalue weighted by Crippen LogP contribution is -2.49. The minimum Gasteiger partial charge on any atom is -0.375 e. The molecule has 124 valence electrons. The van der Waals surface area contributed by atoms with E-state index in [1.54, 1.807) is 18.2 Å². The van der Waals surface area contributed by atoms with Crippen molar-refractivity contribution in [3.8, 4) is 0 Å². The van der Waals surface area contributed by atoms with Crippen LogP contribution in [0.25, 0.3) is 0 Å². The number of carbonyl (C=O) groups is 2. The number of hydrogen-bond donors (Lipinski definition) is 2. The van der Waals surface area contributed by atoms with Crippen molar-refractivity contribution >= 4 is 17.4 Å². The van der Waals surface area contributed by atoms with Crippen LogP contribution in [0.2, 0.25) is 0 Å². The number of para-hydroxylation sites is 1. The van der Waals surface area contributed by atoms with Gasteiger partial charge in [-0.2, -0.15) is 0 Å². The predicted molar refractivity (Wildman–Crippen MR) is 88.9 cm³/mol. The molecule has 1 aliphatic heterocycles. The molecule has 1 aliphatic carbocycles. The molecule has 0 spiro atoms. The van der Waals surface area contributed by atoms with Crippen molar-refractivity contribution in [1.29, 1.82) is 0 Å². The van der Waals surface area contributed by atoms with Gasteiger partial charge in [0.15, 0.2) is 5.60 Å². The second-order valence-electron chi connectivity index (χ2n) is 7.60. The SMILES string of the molecule is CCC(C)(C)[C@@H]1CCC(=O)[C@@H]([C@@]2(O)C(=O)Nc3ccccc32)C1. The lowest BCUT2D eigenvalue weighted by Gasteiger charge is -2.42. The molecule has 2 N–H and O–H groups in total. The van der Waals surface area contributed by atoms with E-state index in [0.29, 0.717) is 30.0 Å². The molecule has 4 nitrogen and oxygen atoms in total. The Kier molecular flexibility index (Phi) is 3.83. The largest absolute Gasteiger partial charge is 0.375 e. The van der Waals surface area contributed by atoms with Gasteiger partial charge in [-0.05, 0) is 30.2 Å². The normalized spacial score (nSPS) is 31.0. The number of Topliss-reactive ketones (excluding diaryl/α,β-unsaturated/α-hetero) is 1. The highest BCUT2D eigenvalue weighted by molar-refractivity contribution is 6.08. The quantitative estimate of drug-likeness (QED) is 0.900. The number of anilines is 1. The van der Waals surface area contributed by atoms with Gasteiger partial charge in [-0.3, -0.25) is 9.59 Å². The molecule has 0 radical (unpaired) electrons. The van der Waals surface area contributed by atoms with E-state index in [9.17, 15) is 14.7 Å². The number of rotatable bonds is 3. The summed E-state index contributed by atoms with van der Waals surface area (Å²) in [5.41, 5.74) is -0.469. The van der Waals surface area contributed by atoms with Gasteiger partial charge in [0.25, 0.3) is 5.91 Å². The fraction of sp³-hybridized carbons (Fsp3) is 0.579. The summed E-state index contributed by atoms with van der Waals surface area (Å²) in [7, 11) is 0. The number of nitrogens with one attached hydrogen (secondary N) is 1. The van der Waals surface area contributed by atoms with Gasteiger partial charge in [0.2, 0.25) is 0 Å². The van der Waals surface area contributed by atoms with Gasteiger partial charge in [0, 0.05) is 17.7 Å². The topological polar surface area (TPSA) is 66.4 Å². The molecule has 1 aromatic rings. The van der Waals surface area contributed by atoms with Crippen LogP contribution in [0.3, 0.4) is 0 Å². The van der Waals surface area contributed by atoms with E-state index in [-0.39, 0.29) is 11.2 Å². The van der Waals surface area contributed by atoms with E-state index in [2.05, 4.69) is 26.1 Å². The average molecular weight is 315 g/mol. The fourth-order valence-corrected chi connectivity index (χ4v) is 4.04. The van der Waals surface area contributed by atoms with Crippen LogP contribution in [0.4, 0.5) is 5.69 Å². The lowest BCUT2D eigenvalue weighted by atomic mass is 9.62. The molecule has 0 unspecified atom stereocenters. The first-order valence-electron chi connectivity index (χ1n) is 8.46. The van der Waals surface area contributed by atoms with Gasteiger partial charge in [-0.15, -0.1) is 0 Å². The van der Waals surface area contributed by atoms with E-state index < -0.39 is 17.4 Å². The van der Waals surface area contributed by atoms with E-state index in [0.717, 1.165) is 12.8 Å². The highest BCUT2D eigenvalue weighted by Gasteiger charge is 2.55. The number of amides is 1.